The van der Waals surface area contributed by atoms with E-state index in [-0.39, 0.29) is 29.4 Å². The molecule has 2 aliphatic rings. The molecule has 1 aromatic carbocycles. The van der Waals surface area contributed by atoms with Crippen LogP contribution in [0.2, 0.25) is 0 Å². The summed E-state index contributed by atoms with van der Waals surface area (Å²) in [5.41, 5.74) is 0.978. The summed E-state index contributed by atoms with van der Waals surface area (Å²) < 4.78 is 5.24. The molecular weight excluding hydrogens is 388 g/mol. The van der Waals surface area contributed by atoms with Crippen molar-refractivity contribution in [2.45, 2.75) is 37.8 Å². The Morgan fingerprint density at radius 2 is 1.89 bits per heavy atom. The average Bonchev–Trinajstić information content (AvgIpc) is 2.85. The minimum Gasteiger partial charge on any atom is -0.496 e. The first-order valence-electron chi connectivity index (χ1n) is 8.84. The van der Waals surface area contributed by atoms with E-state index < -0.39 is 10.9 Å². The van der Waals surface area contributed by atoms with Crippen LogP contribution < -0.4 is 9.64 Å². The normalized spacial score (nSPS) is 20.9. The summed E-state index contributed by atoms with van der Waals surface area (Å²) in [4.78, 5) is 32.4. The molecule has 2 aliphatic heterocycles. The first kappa shape index (κ1) is 21.9. The van der Waals surface area contributed by atoms with Crippen LogP contribution in [0.15, 0.2) is 17.3 Å². The van der Waals surface area contributed by atoms with Gasteiger partial charge >= 0.3 is 5.97 Å². The molecule has 0 N–H and O–H groups in total. The molecule has 2 bridgehead atoms. The fourth-order valence-electron chi connectivity index (χ4n) is 3.83. The maximum Gasteiger partial charge on any atom is 0.369 e. The van der Waals surface area contributed by atoms with Crippen LogP contribution in [-0.2, 0) is 4.84 Å². The number of benzene rings is 1. The van der Waals surface area contributed by atoms with Crippen molar-refractivity contribution in [3.63, 3.8) is 0 Å². The molecule has 2 saturated heterocycles. The maximum atomic E-state index is 12.5. The van der Waals surface area contributed by atoms with Gasteiger partial charge in [0, 0.05) is 51.2 Å². The summed E-state index contributed by atoms with van der Waals surface area (Å²) in [6.07, 6.45) is 3.80. The molecule has 9 nitrogen and oxygen atoms in total. The Labute approximate surface area is 169 Å². The van der Waals surface area contributed by atoms with Crippen molar-refractivity contribution in [1.82, 2.24) is 4.90 Å². The molecule has 0 amide bonds. The standard InChI is InChI=1S/C18H24N4O5.ClH/c1-20(2)15-10-17(26-4)14(9-16(15)22(24)25)18(23)27-19-11-7-12-5-6-13(8-11)21(12)3;/h9-10,12-13H,5-8H2,1-4H3;1H. The van der Waals surface area contributed by atoms with Gasteiger partial charge in [0.1, 0.15) is 17.0 Å². The molecule has 10 heteroatoms. The number of fused-ring (bicyclic) bond motifs is 2. The van der Waals surface area contributed by atoms with Gasteiger partial charge in [-0.25, -0.2) is 4.79 Å². The first-order chi connectivity index (χ1) is 12.8. The summed E-state index contributed by atoms with van der Waals surface area (Å²) >= 11 is 0. The molecule has 2 unspecified atom stereocenters. The number of ether oxygens (including phenoxy) is 1. The fourth-order valence-corrected chi connectivity index (χ4v) is 3.83. The van der Waals surface area contributed by atoms with Crippen LogP contribution in [0.5, 0.6) is 5.75 Å². The smallest absolute Gasteiger partial charge is 0.369 e. The van der Waals surface area contributed by atoms with Crippen LogP contribution in [0.3, 0.4) is 0 Å². The average molecular weight is 413 g/mol. The molecule has 2 atom stereocenters. The number of piperidine rings is 1. The third-order valence-electron chi connectivity index (χ3n) is 5.38. The van der Waals surface area contributed by atoms with Gasteiger partial charge in [0.15, 0.2) is 0 Å². The van der Waals surface area contributed by atoms with Gasteiger partial charge in [0.05, 0.1) is 17.7 Å². The van der Waals surface area contributed by atoms with Gasteiger partial charge in [-0.1, -0.05) is 5.16 Å². The second-order valence-corrected chi connectivity index (χ2v) is 7.19. The highest BCUT2D eigenvalue weighted by Gasteiger charge is 2.37. The number of nitro groups is 1. The number of nitro benzene ring substituents is 1. The minimum absolute atomic E-state index is 0. The zero-order chi connectivity index (χ0) is 19.7. The van der Waals surface area contributed by atoms with Gasteiger partial charge in [0.25, 0.3) is 5.69 Å². The largest absolute Gasteiger partial charge is 0.496 e. The van der Waals surface area contributed by atoms with Crippen molar-refractivity contribution < 1.29 is 19.3 Å². The summed E-state index contributed by atoms with van der Waals surface area (Å²) in [5, 5.41) is 15.4. The quantitative estimate of drug-likeness (QED) is 0.416. The van der Waals surface area contributed by atoms with E-state index in [1.54, 1.807) is 19.0 Å². The molecule has 0 radical (unpaired) electrons. The van der Waals surface area contributed by atoms with Gasteiger partial charge in [-0.3, -0.25) is 15.0 Å². The van der Waals surface area contributed by atoms with Crippen molar-refractivity contribution in [2.24, 2.45) is 5.16 Å². The third-order valence-corrected chi connectivity index (χ3v) is 5.38. The van der Waals surface area contributed by atoms with E-state index in [1.165, 1.54) is 19.2 Å². The third kappa shape index (κ3) is 4.20. The number of halogens is 1. The number of oxime groups is 1. The summed E-state index contributed by atoms with van der Waals surface area (Å²) in [6.45, 7) is 0. The Hall–Kier alpha value is -2.39. The number of rotatable bonds is 5. The van der Waals surface area contributed by atoms with Crippen molar-refractivity contribution in [2.75, 3.05) is 33.2 Å². The molecular formula is C18H25ClN4O5. The van der Waals surface area contributed by atoms with Gasteiger partial charge in [-0.2, -0.15) is 0 Å². The predicted molar refractivity (Wildman–Crippen MR) is 108 cm³/mol. The van der Waals surface area contributed by atoms with E-state index in [0.29, 0.717) is 17.8 Å². The van der Waals surface area contributed by atoms with E-state index in [4.69, 9.17) is 9.57 Å². The van der Waals surface area contributed by atoms with Crippen LogP contribution in [0, 0.1) is 10.1 Å². The first-order valence-corrected chi connectivity index (χ1v) is 8.84. The van der Waals surface area contributed by atoms with Gasteiger partial charge in [0.2, 0.25) is 0 Å². The Morgan fingerprint density at radius 1 is 1.29 bits per heavy atom. The number of hydrogen-bond acceptors (Lipinski definition) is 8. The Balaban J connectivity index is 0.00000280. The molecule has 3 rings (SSSR count). The second-order valence-electron chi connectivity index (χ2n) is 7.19. The minimum atomic E-state index is -0.765. The molecule has 2 heterocycles. The molecule has 0 spiro atoms. The van der Waals surface area contributed by atoms with Crippen LogP contribution >= 0.6 is 12.4 Å². The predicted octanol–water partition coefficient (Wildman–Crippen LogP) is 2.86. The lowest BCUT2D eigenvalue weighted by Crippen LogP contribution is -2.40. The number of methoxy groups -OCH3 is 1. The fraction of sp³-hybridized carbons (Fsp3) is 0.556. The van der Waals surface area contributed by atoms with Crippen molar-refractivity contribution in [3.8, 4) is 5.75 Å². The number of nitrogens with zero attached hydrogens (tertiary/aromatic N) is 4. The van der Waals surface area contributed by atoms with Crippen LogP contribution in [0.25, 0.3) is 0 Å². The second kappa shape index (κ2) is 8.74. The lowest BCUT2D eigenvalue weighted by Gasteiger charge is -2.31. The SMILES string of the molecule is COc1cc(N(C)C)c([N+](=O)[O-])cc1C(=O)ON=C1CC2CCC(C1)N2C.Cl. The highest BCUT2D eigenvalue weighted by molar-refractivity contribution is 5.96. The van der Waals surface area contributed by atoms with Crippen molar-refractivity contribution >= 4 is 35.5 Å². The number of anilines is 1. The van der Waals surface area contributed by atoms with E-state index in [9.17, 15) is 14.9 Å². The van der Waals surface area contributed by atoms with Crippen LogP contribution in [-0.4, -0.2) is 61.8 Å². The zero-order valence-corrected chi connectivity index (χ0v) is 17.2. The van der Waals surface area contributed by atoms with E-state index in [2.05, 4.69) is 17.1 Å². The summed E-state index contributed by atoms with van der Waals surface area (Å²) in [5.74, 6) is -0.558. The Kier molecular flexibility index (Phi) is 6.84. The number of carbonyl (C=O) groups excluding carboxylic acids is 1. The van der Waals surface area contributed by atoms with Crippen LogP contribution in [0.1, 0.15) is 36.0 Å². The molecule has 1 aromatic rings. The molecule has 154 valence electrons. The molecule has 0 aliphatic carbocycles. The lowest BCUT2D eigenvalue weighted by atomic mass is 10.0. The summed E-state index contributed by atoms with van der Waals surface area (Å²) in [7, 11) is 6.87. The Morgan fingerprint density at radius 3 is 2.39 bits per heavy atom. The molecule has 0 aromatic heterocycles. The topological polar surface area (TPSA) is 97.5 Å². The zero-order valence-electron chi connectivity index (χ0n) is 16.4. The molecule has 0 saturated carbocycles. The highest BCUT2D eigenvalue weighted by Crippen LogP contribution is 2.35. The van der Waals surface area contributed by atoms with Gasteiger partial charge in [-0.15, -0.1) is 12.4 Å². The number of hydrogen-bond donors (Lipinski definition) is 0. The lowest BCUT2D eigenvalue weighted by molar-refractivity contribution is -0.384. The van der Waals surface area contributed by atoms with Crippen LogP contribution in [0.4, 0.5) is 11.4 Å². The summed E-state index contributed by atoms with van der Waals surface area (Å²) in [6, 6.07) is 3.51. The molecule has 28 heavy (non-hydrogen) atoms. The highest BCUT2D eigenvalue weighted by atomic mass is 35.5. The van der Waals surface area contributed by atoms with E-state index >= 15 is 0 Å². The van der Waals surface area contributed by atoms with Crippen molar-refractivity contribution in [1.29, 1.82) is 0 Å². The number of carbonyl (C=O) groups is 1. The van der Waals surface area contributed by atoms with Gasteiger partial charge < -0.3 is 14.5 Å². The molecule has 2 fully saturated rings. The monoisotopic (exact) mass is 412 g/mol. The van der Waals surface area contributed by atoms with E-state index in [1.807, 2.05) is 0 Å². The van der Waals surface area contributed by atoms with Crippen molar-refractivity contribution in [3.05, 3.63) is 27.8 Å². The van der Waals surface area contributed by atoms with E-state index in [0.717, 1.165) is 31.4 Å². The van der Waals surface area contributed by atoms with Gasteiger partial charge in [-0.05, 0) is 19.9 Å². The maximum absolute atomic E-state index is 12.5. The Bertz CT molecular complexity index is 782.